The van der Waals surface area contributed by atoms with Gasteiger partial charge in [-0.25, -0.2) is 18.9 Å². The topological polar surface area (TPSA) is 182 Å². The second-order valence-electron chi connectivity index (χ2n) is 13.4. The van der Waals surface area contributed by atoms with Gasteiger partial charge >= 0.3 is 5.97 Å². The minimum atomic E-state index is -1.35. The van der Waals surface area contributed by atoms with E-state index in [2.05, 4.69) is 25.9 Å². The van der Waals surface area contributed by atoms with Gasteiger partial charge in [0.1, 0.15) is 41.0 Å². The Labute approximate surface area is 334 Å². The number of hydrogen-bond donors (Lipinski definition) is 5. The van der Waals surface area contributed by atoms with Crippen LogP contribution in [0.2, 0.25) is 0 Å². The quantitative estimate of drug-likeness (QED) is 0.0561. The molecule has 0 radical (unpaired) electrons. The number of phenolic OH excluding ortho intramolecular Hbond substituents is 3. The zero-order valence-corrected chi connectivity index (χ0v) is 31.0. The standard InChI is InChI=1S/C42H31FN6O8S/c43-33-19-25(3-12-37(33)52)49-22-36(47-48-49)35-10-1-23-17-28(6-11-34(23)46-35)55-16-15-54-14-13-44-41(58)45-24-2-7-30-29(18-24)40(53)57-42(30)31-8-4-26(50)20-38(31)56-39-21-27(51)5-9-32(39)42/h1-12,17-22,50-52H,13-16H2,(H2,44,45,58). The second kappa shape index (κ2) is 14.6. The molecule has 0 bridgehead atoms. The zero-order chi connectivity index (χ0) is 40.0. The minimum Gasteiger partial charge on any atom is -0.508 e. The van der Waals surface area contributed by atoms with Crippen molar-refractivity contribution in [3.05, 3.63) is 137 Å². The van der Waals surface area contributed by atoms with E-state index in [1.54, 1.807) is 36.5 Å². The third kappa shape index (κ3) is 6.69. The summed E-state index contributed by atoms with van der Waals surface area (Å²) in [5.41, 5.74) is 3.45. The molecule has 4 heterocycles. The highest BCUT2D eigenvalue weighted by atomic mass is 32.1. The molecule has 0 atom stereocenters. The molecule has 2 aromatic heterocycles. The van der Waals surface area contributed by atoms with Crippen LogP contribution in [0.15, 0.2) is 109 Å². The highest BCUT2D eigenvalue weighted by Gasteiger charge is 2.53. The van der Waals surface area contributed by atoms with Crippen LogP contribution in [0.25, 0.3) is 28.0 Å². The summed E-state index contributed by atoms with van der Waals surface area (Å²) < 4.78 is 39.0. The van der Waals surface area contributed by atoms with Crippen LogP contribution in [0.4, 0.5) is 10.1 Å². The lowest BCUT2D eigenvalue weighted by Crippen LogP contribution is -2.33. The van der Waals surface area contributed by atoms with E-state index in [9.17, 15) is 24.5 Å². The zero-order valence-electron chi connectivity index (χ0n) is 30.2. The molecule has 0 amide bonds. The fraction of sp³-hybridized carbons (Fsp3) is 0.119. The van der Waals surface area contributed by atoms with Gasteiger partial charge in [-0.2, -0.15) is 0 Å². The molecule has 58 heavy (non-hydrogen) atoms. The Morgan fingerprint density at radius 1 is 0.828 bits per heavy atom. The van der Waals surface area contributed by atoms with Gasteiger partial charge in [-0.05, 0) is 85.0 Å². The van der Waals surface area contributed by atoms with Crippen molar-refractivity contribution in [2.24, 2.45) is 0 Å². The molecule has 7 aromatic rings. The van der Waals surface area contributed by atoms with Crippen LogP contribution >= 0.6 is 12.2 Å². The number of carbonyl (C=O) groups excluding carboxylic acids is 1. The average molecular weight is 799 g/mol. The van der Waals surface area contributed by atoms with E-state index in [0.717, 1.165) is 10.9 Å². The monoisotopic (exact) mass is 798 g/mol. The fourth-order valence-corrected chi connectivity index (χ4v) is 7.22. The molecule has 1 spiro atoms. The van der Waals surface area contributed by atoms with Crippen LogP contribution in [0.5, 0.6) is 34.5 Å². The van der Waals surface area contributed by atoms with E-state index in [-0.39, 0.29) is 11.5 Å². The van der Waals surface area contributed by atoms with Crippen molar-refractivity contribution in [3.63, 3.8) is 0 Å². The van der Waals surface area contributed by atoms with Crippen molar-refractivity contribution in [2.75, 3.05) is 31.7 Å². The summed E-state index contributed by atoms with van der Waals surface area (Å²) in [6, 6.07) is 27.7. The first-order valence-electron chi connectivity index (χ1n) is 18.0. The van der Waals surface area contributed by atoms with Gasteiger partial charge in [0.05, 0.1) is 41.9 Å². The Hall–Kier alpha value is -7.30. The van der Waals surface area contributed by atoms with Crippen LogP contribution in [0.3, 0.4) is 0 Å². The van der Waals surface area contributed by atoms with Gasteiger partial charge in [-0.15, -0.1) is 5.10 Å². The van der Waals surface area contributed by atoms with Gasteiger partial charge in [0, 0.05) is 52.5 Å². The summed E-state index contributed by atoms with van der Waals surface area (Å²) in [7, 11) is 0. The van der Waals surface area contributed by atoms with Crippen molar-refractivity contribution >= 4 is 39.9 Å². The maximum Gasteiger partial charge on any atom is 0.340 e. The molecule has 9 rings (SSSR count). The SMILES string of the molecule is O=C1OC2(c3ccc(O)cc3Oc3cc(O)ccc32)c2ccc(NC(=S)NCCOCCOc3ccc4nc(-c5cn(-c6ccc(O)c(F)c6)nn5)ccc4c3)cc21. The number of carbonyl (C=O) groups is 1. The average Bonchev–Trinajstić information content (AvgIpc) is 3.82. The van der Waals surface area contributed by atoms with Crippen molar-refractivity contribution in [1.29, 1.82) is 0 Å². The first-order chi connectivity index (χ1) is 28.1. The van der Waals surface area contributed by atoms with Gasteiger partial charge < -0.3 is 44.9 Å². The van der Waals surface area contributed by atoms with Gasteiger partial charge in [-0.3, -0.25) is 0 Å². The molecule has 0 fully saturated rings. The Balaban J connectivity index is 0.759. The van der Waals surface area contributed by atoms with Crippen molar-refractivity contribution in [1.82, 2.24) is 25.3 Å². The molecule has 0 aliphatic carbocycles. The molecular weight excluding hydrogens is 768 g/mol. The Bertz CT molecular complexity index is 2730. The summed E-state index contributed by atoms with van der Waals surface area (Å²) in [6.45, 7) is 1.42. The van der Waals surface area contributed by atoms with E-state index >= 15 is 0 Å². The summed E-state index contributed by atoms with van der Waals surface area (Å²) >= 11 is 5.49. The van der Waals surface area contributed by atoms with Crippen LogP contribution in [-0.4, -0.2) is 72.7 Å². The van der Waals surface area contributed by atoms with E-state index in [0.29, 0.717) is 93.7 Å². The predicted octanol–water partition coefficient (Wildman–Crippen LogP) is 6.69. The van der Waals surface area contributed by atoms with Gasteiger partial charge in [0.25, 0.3) is 0 Å². The largest absolute Gasteiger partial charge is 0.508 e. The molecule has 0 saturated carbocycles. The molecule has 0 unspecified atom stereocenters. The molecule has 5 aromatic carbocycles. The first kappa shape index (κ1) is 36.3. The predicted molar refractivity (Wildman–Crippen MR) is 212 cm³/mol. The van der Waals surface area contributed by atoms with E-state index in [1.165, 1.54) is 47.1 Å². The lowest BCUT2D eigenvalue weighted by atomic mass is 9.77. The third-order valence-electron chi connectivity index (χ3n) is 9.67. The molecule has 16 heteroatoms. The fourth-order valence-electron chi connectivity index (χ4n) is 7.00. The van der Waals surface area contributed by atoms with Gasteiger partial charge in [0.15, 0.2) is 22.3 Å². The third-order valence-corrected chi connectivity index (χ3v) is 9.92. The number of rotatable bonds is 10. The second-order valence-corrected chi connectivity index (χ2v) is 13.8. The Morgan fingerprint density at radius 3 is 2.38 bits per heavy atom. The number of aromatic hydroxyl groups is 3. The summed E-state index contributed by atoms with van der Waals surface area (Å²) in [6.07, 6.45) is 1.63. The van der Waals surface area contributed by atoms with Crippen molar-refractivity contribution in [3.8, 4) is 51.6 Å². The number of fused-ring (bicyclic) bond motifs is 7. The van der Waals surface area contributed by atoms with Crippen LogP contribution in [0, 0.1) is 5.82 Å². The number of nitrogens with one attached hydrogen (secondary N) is 2. The maximum atomic E-state index is 13.8. The minimum absolute atomic E-state index is 0.0205. The van der Waals surface area contributed by atoms with Crippen LogP contribution < -0.4 is 20.1 Å². The number of phenols is 3. The number of benzene rings is 5. The molecule has 5 N–H and O–H groups in total. The number of halogens is 1. The number of aromatic nitrogens is 4. The molecule has 0 saturated heterocycles. The Kier molecular flexibility index (Phi) is 9.18. The number of nitrogens with zero attached hydrogens (tertiary/aromatic N) is 4. The number of hydrogen-bond acceptors (Lipinski definition) is 12. The number of thiocarbonyl (C=S) groups is 1. The van der Waals surface area contributed by atoms with Crippen LogP contribution in [0.1, 0.15) is 27.0 Å². The molecule has 2 aliphatic heterocycles. The van der Waals surface area contributed by atoms with Crippen LogP contribution in [-0.2, 0) is 15.1 Å². The van der Waals surface area contributed by atoms with E-state index in [1.807, 2.05) is 30.3 Å². The molecule has 2 aliphatic rings. The highest BCUT2D eigenvalue weighted by Crippen LogP contribution is 2.57. The van der Waals surface area contributed by atoms with Crippen molar-refractivity contribution in [2.45, 2.75) is 5.60 Å². The number of anilines is 1. The molecular formula is C42H31FN6O8S. The van der Waals surface area contributed by atoms with Gasteiger partial charge in [-0.1, -0.05) is 17.3 Å². The summed E-state index contributed by atoms with van der Waals surface area (Å²) in [5.74, 6) is -0.523. The number of ether oxygens (including phenoxy) is 4. The molecule has 290 valence electrons. The summed E-state index contributed by atoms with van der Waals surface area (Å²) in [5, 5.41) is 45.4. The van der Waals surface area contributed by atoms with E-state index in [4.69, 9.17) is 31.2 Å². The van der Waals surface area contributed by atoms with Gasteiger partial charge in [0.2, 0.25) is 0 Å². The van der Waals surface area contributed by atoms with E-state index < -0.39 is 23.1 Å². The summed E-state index contributed by atoms with van der Waals surface area (Å²) in [4.78, 5) is 18.1. The number of pyridine rings is 1. The highest BCUT2D eigenvalue weighted by molar-refractivity contribution is 7.80. The molecule has 14 nitrogen and oxygen atoms in total. The first-order valence-corrected chi connectivity index (χ1v) is 18.4. The lowest BCUT2D eigenvalue weighted by Gasteiger charge is -2.36. The normalized spacial score (nSPS) is 13.3. The maximum absolute atomic E-state index is 13.8. The smallest absolute Gasteiger partial charge is 0.340 e. The Morgan fingerprint density at radius 2 is 1.60 bits per heavy atom. The lowest BCUT2D eigenvalue weighted by molar-refractivity contribution is 0.0224. The number of esters is 1. The van der Waals surface area contributed by atoms with Crippen molar-refractivity contribution < 1.29 is 43.5 Å².